The fourth-order valence-corrected chi connectivity index (χ4v) is 5.26. The lowest BCUT2D eigenvalue weighted by Crippen LogP contribution is -2.54. The maximum Gasteiger partial charge on any atom is 0.410 e. The Kier molecular flexibility index (Phi) is 26.6. The molecule has 48 heavy (non-hydrogen) atoms. The number of benzene rings is 1. The molecule has 1 saturated heterocycles. The van der Waals surface area contributed by atoms with Crippen molar-refractivity contribution in [3.63, 3.8) is 0 Å². The number of hydrogen-bond acceptors (Lipinski definition) is 4. The molecule has 276 valence electrons. The zero-order chi connectivity index (χ0) is 37.3. The number of nitrogens with zero attached hydrogens (tertiary/aromatic N) is 3. The Morgan fingerprint density at radius 3 is 2.12 bits per heavy atom. The molecule has 2 atom stereocenters. The number of unbranched alkanes of at least 4 members (excludes halogenated alkanes) is 2. The number of piperazine rings is 1. The van der Waals surface area contributed by atoms with E-state index < -0.39 is 5.60 Å². The highest BCUT2D eigenvalue weighted by Crippen LogP contribution is 2.29. The lowest BCUT2D eigenvalue weighted by atomic mass is 9.87. The summed E-state index contributed by atoms with van der Waals surface area (Å²) in [6, 6.07) is 6.84. The van der Waals surface area contributed by atoms with Gasteiger partial charge < -0.3 is 14.5 Å². The smallest absolute Gasteiger partial charge is 0.410 e. The minimum absolute atomic E-state index is 0.0784. The maximum absolute atomic E-state index is 12.6. The number of rotatable bonds is 11. The van der Waals surface area contributed by atoms with E-state index in [1.807, 2.05) is 51.8 Å². The topological polar surface area (TPSA) is 45.1 Å². The zero-order valence-electron chi connectivity index (χ0n) is 33.8. The number of aryl methyl sites for hydroxylation is 1. The van der Waals surface area contributed by atoms with E-state index in [1.165, 1.54) is 42.2 Å². The summed E-state index contributed by atoms with van der Waals surface area (Å²) in [7, 11) is 0. The SMILES string of the molecule is CC.CCCCC.CCCc1cccc(F)c1.C\C=C(C(/C(C)=N/C=C/CC)=C(/C)N1CCN(C(=O)OC(C)(C)C)C(C)C1)\C(C)CC. The summed E-state index contributed by atoms with van der Waals surface area (Å²) >= 11 is 0. The number of halogens is 1. The van der Waals surface area contributed by atoms with Crippen molar-refractivity contribution in [2.45, 2.75) is 160 Å². The number of carbonyl (C=O) groups excluding carboxylic acids is 1. The number of hydrogen-bond donors (Lipinski definition) is 0. The molecule has 0 bridgehead atoms. The van der Waals surface area contributed by atoms with E-state index in [4.69, 9.17) is 9.73 Å². The van der Waals surface area contributed by atoms with Crippen molar-refractivity contribution >= 4 is 11.8 Å². The maximum atomic E-state index is 12.6. The van der Waals surface area contributed by atoms with Crippen molar-refractivity contribution in [1.29, 1.82) is 0 Å². The van der Waals surface area contributed by atoms with Gasteiger partial charge in [0.15, 0.2) is 0 Å². The largest absolute Gasteiger partial charge is 0.444 e. The van der Waals surface area contributed by atoms with Crippen LogP contribution >= 0.6 is 0 Å². The van der Waals surface area contributed by atoms with Gasteiger partial charge in [-0.2, -0.15) is 0 Å². The van der Waals surface area contributed by atoms with Crippen LogP contribution in [0.4, 0.5) is 9.18 Å². The van der Waals surface area contributed by atoms with Crippen LogP contribution in [-0.2, 0) is 11.2 Å². The van der Waals surface area contributed by atoms with Crippen molar-refractivity contribution < 1.29 is 13.9 Å². The van der Waals surface area contributed by atoms with E-state index in [2.05, 4.69) is 86.3 Å². The Morgan fingerprint density at radius 2 is 1.69 bits per heavy atom. The molecule has 5 nitrogen and oxygen atoms in total. The molecule has 2 rings (SSSR count). The molecule has 0 saturated carbocycles. The van der Waals surface area contributed by atoms with Gasteiger partial charge in [-0.3, -0.25) is 4.99 Å². The number of amides is 1. The second kappa shape index (κ2) is 27.0. The molecule has 0 N–H and O–H groups in total. The van der Waals surface area contributed by atoms with E-state index in [9.17, 15) is 9.18 Å². The van der Waals surface area contributed by atoms with Gasteiger partial charge in [0.1, 0.15) is 11.4 Å². The fraction of sp³-hybridized carbons (Fsp3) is 0.667. The molecule has 0 aromatic heterocycles. The quantitative estimate of drug-likeness (QED) is 0.174. The highest BCUT2D eigenvalue weighted by Gasteiger charge is 2.32. The van der Waals surface area contributed by atoms with Crippen molar-refractivity contribution in [2.75, 3.05) is 19.6 Å². The van der Waals surface area contributed by atoms with Crippen molar-refractivity contribution in [2.24, 2.45) is 10.9 Å². The molecule has 0 spiro atoms. The Labute approximate surface area is 296 Å². The van der Waals surface area contributed by atoms with Gasteiger partial charge >= 0.3 is 6.09 Å². The standard InChI is InChI=1S/C26H45N3O2.C9H11F.C5H12.C2H6/c1-11-14-15-27-21(6)24(23(13-3)19(4)12-2)22(7)28-16-17-29(20(5)18-28)25(30)31-26(8,9)10;1-2-4-8-5-3-6-9(10)7-8;1-3-5-4-2;1-2/h13-15,19-20H,11-12,16-18H2,1-10H3;3,5-7H,2,4H2,1H3;3-5H2,1-2H3;1-2H3/b15-14+,23-13-,24-22-,27-21+;;;. The van der Waals surface area contributed by atoms with E-state index in [0.717, 1.165) is 50.0 Å². The van der Waals surface area contributed by atoms with Crippen molar-refractivity contribution in [1.82, 2.24) is 9.80 Å². The van der Waals surface area contributed by atoms with Crippen LogP contribution in [0.25, 0.3) is 0 Å². The Hall–Kier alpha value is -2.89. The Morgan fingerprint density at radius 1 is 1.06 bits per heavy atom. The first-order valence-electron chi connectivity index (χ1n) is 18.8. The monoisotopic (exact) mass is 672 g/mol. The predicted molar refractivity (Wildman–Crippen MR) is 209 cm³/mol. The summed E-state index contributed by atoms with van der Waals surface area (Å²) in [5, 5.41) is 0. The van der Waals surface area contributed by atoms with Crippen LogP contribution in [0.5, 0.6) is 0 Å². The summed E-state index contributed by atoms with van der Waals surface area (Å²) in [5.41, 5.74) is 5.45. The van der Waals surface area contributed by atoms with E-state index >= 15 is 0 Å². The van der Waals surface area contributed by atoms with E-state index in [1.54, 1.807) is 12.1 Å². The average Bonchev–Trinajstić information content (AvgIpc) is 3.04. The van der Waals surface area contributed by atoms with E-state index in [0.29, 0.717) is 12.5 Å². The Balaban J connectivity index is 0. The number of allylic oxidation sites excluding steroid dienone is 5. The number of carbonyl (C=O) groups is 1. The number of ether oxygens (including phenoxy) is 1. The average molecular weight is 672 g/mol. The molecule has 1 aromatic carbocycles. The molecule has 1 aliphatic heterocycles. The second-order valence-corrected chi connectivity index (χ2v) is 13.2. The molecule has 0 aliphatic carbocycles. The fourth-order valence-electron chi connectivity index (χ4n) is 5.26. The zero-order valence-corrected chi connectivity index (χ0v) is 33.8. The molecule has 1 fully saturated rings. The molecular weight excluding hydrogens is 597 g/mol. The molecule has 0 radical (unpaired) electrons. The highest BCUT2D eigenvalue weighted by molar-refractivity contribution is 6.03. The second-order valence-electron chi connectivity index (χ2n) is 13.2. The first-order chi connectivity index (χ1) is 22.7. The van der Waals surface area contributed by atoms with Crippen LogP contribution in [0.1, 0.15) is 148 Å². The third kappa shape index (κ3) is 19.2. The normalized spacial score (nSPS) is 16.5. The van der Waals surface area contributed by atoms with E-state index in [-0.39, 0.29) is 18.0 Å². The van der Waals surface area contributed by atoms with Gasteiger partial charge in [-0.1, -0.05) is 105 Å². The van der Waals surface area contributed by atoms with Crippen LogP contribution in [-0.4, -0.2) is 52.9 Å². The summed E-state index contributed by atoms with van der Waals surface area (Å²) in [5.74, 6) is 0.321. The van der Waals surface area contributed by atoms with Crippen LogP contribution in [0, 0.1) is 11.7 Å². The van der Waals surface area contributed by atoms with Gasteiger partial charge in [-0.05, 0) is 96.9 Å². The first kappa shape index (κ1) is 47.2. The lowest BCUT2D eigenvalue weighted by molar-refractivity contribution is 0.00493. The van der Waals surface area contributed by atoms with Gasteiger partial charge in [-0.15, -0.1) is 0 Å². The van der Waals surface area contributed by atoms with Gasteiger partial charge in [0, 0.05) is 48.9 Å². The van der Waals surface area contributed by atoms with Crippen LogP contribution < -0.4 is 0 Å². The molecule has 1 aromatic rings. The van der Waals surface area contributed by atoms with Gasteiger partial charge in [-0.25, -0.2) is 9.18 Å². The predicted octanol–water partition coefficient (Wildman–Crippen LogP) is 12.6. The van der Waals surface area contributed by atoms with Crippen molar-refractivity contribution in [3.8, 4) is 0 Å². The molecule has 2 unspecified atom stereocenters. The third-order valence-corrected chi connectivity index (χ3v) is 7.94. The molecule has 1 amide bonds. The Bertz CT molecular complexity index is 1130. The molecular formula is C42H74FN3O2. The van der Waals surface area contributed by atoms with Gasteiger partial charge in [0.05, 0.1) is 0 Å². The summed E-state index contributed by atoms with van der Waals surface area (Å²) in [6.07, 6.45) is 14.2. The summed E-state index contributed by atoms with van der Waals surface area (Å²) in [4.78, 5) is 21.6. The summed E-state index contributed by atoms with van der Waals surface area (Å²) < 4.78 is 18.1. The minimum Gasteiger partial charge on any atom is -0.444 e. The highest BCUT2D eigenvalue weighted by atomic mass is 19.1. The van der Waals surface area contributed by atoms with Gasteiger partial charge in [0.25, 0.3) is 0 Å². The van der Waals surface area contributed by atoms with Crippen LogP contribution in [0.2, 0.25) is 0 Å². The third-order valence-electron chi connectivity index (χ3n) is 7.94. The van der Waals surface area contributed by atoms with Crippen LogP contribution in [0.3, 0.4) is 0 Å². The lowest BCUT2D eigenvalue weighted by Gasteiger charge is -2.42. The molecule has 1 heterocycles. The van der Waals surface area contributed by atoms with Gasteiger partial charge in [0.2, 0.25) is 0 Å². The van der Waals surface area contributed by atoms with Crippen molar-refractivity contribution in [3.05, 3.63) is 70.8 Å². The van der Waals surface area contributed by atoms with Crippen LogP contribution in [0.15, 0.2) is 64.5 Å². The number of aliphatic imine (C=N–C) groups is 1. The molecule has 6 heteroatoms. The minimum atomic E-state index is -0.479. The molecule has 1 aliphatic rings. The summed E-state index contributed by atoms with van der Waals surface area (Å²) in [6.45, 7) is 33.6. The first-order valence-corrected chi connectivity index (χ1v) is 18.8.